The first-order valence-corrected chi connectivity index (χ1v) is 12.0. The summed E-state index contributed by atoms with van der Waals surface area (Å²) in [6.45, 7) is 2.33. The maximum atomic E-state index is 14.3. The highest BCUT2D eigenvalue weighted by atomic mass is 19.1. The number of rotatable bonds is 10. The molecule has 1 aliphatic carbocycles. The molecule has 0 atom stereocenters. The average molecular weight is 504 g/mol. The van der Waals surface area contributed by atoms with Crippen LogP contribution in [0, 0.1) is 5.82 Å². The number of amides is 1. The summed E-state index contributed by atoms with van der Waals surface area (Å²) in [5.74, 6) is 0.823. The maximum Gasteiger partial charge on any atom is 0.224 e. The van der Waals surface area contributed by atoms with E-state index in [2.05, 4.69) is 5.32 Å². The number of hydrogen-bond acceptors (Lipinski definition) is 5. The van der Waals surface area contributed by atoms with E-state index in [0.29, 0.717) is 29.4 Å². The van der Waals surface area contributed by atoms with Crippen LogP contribution in [0.25, 0.3) is 17.2 Å². The van der Waals surface area contributed by atoms with Gasteiger partial charge in [-0.25, -0.2) is 4.39 Å². The van der Waals surface area contributed by atoms with Gasteiger partial charge in [-0.2, -0.15) is 0 Å². The highest BCUT2D eigenvalue weighted by Crippen LogP contribution is 2.45. The molecule has 37 heavy (non-hydrogen) atoms. The molecule has 4 rings (SSSR count). The van der Waals surface area contributed by atoms with E-state index in [1.54, 1.807) is 6.07 Å². The highest BCUT2D eigenvalue weighted by Gasteiger charge is 2.26. The van der Waals surface area contributed by atoms with Crippen molar-refractivity contribution in [3.05, 3.63) is 94.3 Å². The quantitative estimate of drug-likeness (QED) is 0.395. The number of halogens is 1. The van der Waals surface area contributed by atoms with Gasteiger partial charge in [0.1, 0.15) is 12.4 Å². The van der Waals surface area contributed by atoms with Crippen LogP contribution in [0.3, 0.4) is 0 Å². The second kappa shape index (κ2) is 11.8. The molecule has 192 valence electrons. The van der Waals surface area contributed by atoms with Gasteiger partial charge >= 0.3 is 0 Å². The molecule has 2 N–H and O–H groups in total. The van der Waals surface area contributed by atoms with E-state index in [4.69, 9.17) is 19.3 Å². The molecule has 0 saturated carbocycles. The van der Waals surface area contributed by atoms with Crippen LogP contribution in [0.5, 0.6) is 17.2 Å². The molecule has 3 aromatic carbocycles. The molecule has 0 bridgehead atoms. The van der Waals surface area contributed by atoms with E-state index in [9.17, 15) is 9.18 Å². The molecule has 0 aliphatic heterocycles. The zero-order valence-electron chi connectivity index (χ0n) is 21.1. The third-order valence-electron chi connectivity index (χ3n) is 6.26. The van der Waals surface area contributed by atoms with Gasteiger partial charge in [0.25, 0.3) is 0 Å². The van der Waals surface area contributed by atoms with Crippen LogP contribution in [0.15, 0.2) is 66.2 Å². The molecule has 0 radical (unpaired) electrons. The van der Waals surface area contributed by atoms with E-state index in [-0.39, 0.29) is 31.4 Å². The zero-order chi connectivity index (χ0) is 26.4. The van der Waals surface area contributed by atoms with Gasteiger partial charge in [0.2, 0.25) is 11.7 Å². The fourth-order valence-corrected chi connectivity index (χ4v) is 4.44. The van der Waals surface area contributed by atoms with Crippen molar-refractivity contribution in [2.75, 3.05) is 27.4 Å². The molecule has 1 aliphatic rings. The normalized spacial score (nSPS) is 13.5. The second-order valence-corrected chi connectivity index (χ2v) is 8.62. The van der Waals surface area contributed by atoms with Crippen LogP contribution in [0.2, 0.25) is 0 Å². The van der Waals surface area contributed by atoms with Gasteiger partial charge in [-0.1, -0.05) is 36.4 Å². The monoisotopic (exact) mass is 503 g/mol. The van der Waals surface area contributed by atoms with Crippen molar-refractivity contribution in [3.8, 4) is 17.2 Å². The Hall–Kier alpha value is -4.10. The number of aliphatic hydroxyl groups is 1. The predicted molar refractivity (Wildman–Crippen MR) is 142 cm³/mol. The number of methoxy groups -OCH3 is 2. The van der Waals surface area contributed by atoms with Crippen LogP contribution < -0.4 is 19.5 Å². The summed E-state index contributed by atoms with van der Waals surface area (Å²) < 4.78 is 30.9. The van der Waals surface area contributed by atoms with Gasteiger partial charge < -0.3 is 24.6 Å². The summed E-state index contributed by atoms with van der Waals surface area (Å²) >= 11 is 0. The van der Waals surface area contributed by atoms with Gasteiger partial charge in [-0.05, 0) is 76.2 Å². The largest absolute Gasteiger partial charge is 0.493 e. The molecule has 7 heteroatoms. The fraction of sp³-hybridized carbons (Fsp3) is 0.233. The van der Waals surface area contributed by atoms with E-state index in [1.807, 2.05) is 55.5 Å². The second-order valence-electron chi connectivity index (χ2n) is 8.62. The Balaban J connectivity index is 1.68. The van der Waals surface area contributed by atoms with Crippen molar-refractivity contribution in [1.82, 2.24) is 5.32 Å². The number of nitrogens with one attached hydrogen (secondary N) is 1. The summed E-state index contributed by atoms with van der Waals surface area (Å²) in [6.07, 6.45) is 2.09. The fourth-order valence-electron chi connectivity index (χ4n) is 4.44. The Labute approximate surface area is 216 Å². The number of carbonyl (C=O) groups is 1. The van der Waals surface area contributed by atoms with Crippen molar-refractivity contribution < 1.29 is 28.5 Å². The minimum absolute atomic E-state index is 0.101. The third kappa shape index (κ3) is 5.84. The smallest absolute Gasteiger partial charge is 0.224 e. The lowest BCUT2D eigenvalue weighted by Crippen LogP contribution is -2.22. The van der Waals surface area contributed by atoms with Crippen molar-refractivity contribution >= 4 is 23.1 Å². The molecule has 0 fully saturated rings. The first-order chi connectivity index (χ1) is 17.9. The molecular weight excluding hydrogens is 473 g/mol. The number of ether oxygens (including phenoxy) is 3. The van der Waals surface area contributed by atoms with E-state index < -0.39 is 0 Å². The van der Waals surface area contributed by atoms with Gasteiger partial charge in [-0.15, -0.1) is 0 Å². The van der Waals surface area contributed by atoms with Crippen LogP contribution in [0.1, 0.15) is 35.6 Å². The Morgan fingerprint density at radius 3 is 2.35 bits per heavy atom. The standard InChI is InChI=1S/C30H30FNO5/c1-19-24(13-21-14-27(35-2)30(37-12-11-33)28(15-21)36-3)23-10-9-22(31)16-26(23)25(19)17-29(34)32-18-20-7-5-4-6-8-20/h4-10,13-16,33H,11-12,17-18H2,1-3H3,(H,32,34)/b24-13-. The Bertz CT molecular complexity index is 1320. The summed E-state index contributed by atoms with van der Waals surface area (Å²) in [4.78, 5) is 12.8. The van der Waals surface area contributed by atoms with Crippen LogP contribution >= 0.6 is 0 Å². The lowest BCUT2D eigenvalue weighted by atomic mass is 10.00. The molecule has 0 saturated heterocycles. The molecule has 0 heterocycles. The Morgan fingerprint density at radius 2 is 1.70 bits per heavy atom. The summed E-state index contributed by atoms with van der Waals surface area (Å²) in [5.41, 5.74) is 5.92. The first kappa shape index (κ1) is 26.0. The Morgan fingerprint density at radius 1 is 1.00 bits per heavy atom. The van der Waals surface area contributed by atoms with Crippen molar-refractivity contribution in [2.45, 2.75) is 19.9 Å². The molecule has 0 unspecified atom stereocenters. The molecule has 0 aromatic heterocycles. The van der Waals surface area contributed by atoms with E-state index in [0.717, 1.165) is 33.4 Å². The summed E-state index contributed by atoms with van der Waals surface area (Å²) in [6, 6.07) is 17.9. The number of fused-ring (bicyclic) bond motifs is 1. The van der Waals surface area contributed by atoms with Gasteiger partial charge in [-0.3, -0.25) is 4.79 Å². The maximum absolute atomic E-state index is 14.3. The van der Waals surface area contributed by atoms with Gasteiger partial charge in [0.05, 0.1) is 27.2 Å². The highest BCUT2D eigenvalue weighted by molar-refractivity contribution is 6.08. The molecule has 1 amide bonds. The molecule has 3 aromatic rings. The van der Waals surface area contributed by atoms with Gasteiger partial charge in [0, 0.05) is 6.54 Å². The first-order valence-electron chi connectivity index (χ1n) is 12.0. The number of carbonyl (C=O) groups excluding carboxylic acids is 1. The molecule has 6 nitrogen and oxygen atoms in total. The number of benzene rings is 3. The lowest BCUT2D eigenvalue weighted by molar-refractivity contribution is -0.120. The van der Waals surface area contributed by atoms with Crippen molar-refractivity contribution in [1.29, 1.82) is 0 Å². The zero-order valence-corrected chi connectivity index (χ0v) is 21.1. The average Bonchev–Trinajstić information content (AvgIpc) is 3.16. The topological polar surface area (TPSA) is 77.0 Å². The van der Waals surface area contributed by atoms with E-state index in [1.165, 1.54) is 26.4 Å². The number of allylic oxidation sites excluding steroid dienone is 2. The minimum atomic E-state index is -0.358. The van der Waals surface area contributed by atoms with Crippen LogP contribution in [-0.4, -0.2) is 38.4 Å². The summed E-state index contributed by atoms with van der Waals surface area (Å²) in [5, 5.41) is 12.1. The third-order valence-corrected chi connectivity index (χ3v) is 6.26. The summed E-state index contributed by atoms with van der Waals surface area (Å²) in [7, 11) is 3.06. The van der Waals surface area contributed by atoms with Crippen LogP contribution in [0.4, 0.5) is 4.39 Å². The minimum Gasteiger partial charge on any atom is -0.493 e. The predicted octanol–water partition coefficient (Wildman–Crippen LogP) is 5.25. The van der Waals surface area contributed by atoms with Gasteiger partial charge in [0.15, 0.2) is 11.5 Å². The molecule has 0 spiro atoms. The SMILES string of the molecule is COc1cc(/C=C2/C(C)=C(CC(=O)NCc3ccccc3)c3cc(F)ccc32)cc(OC)c1OCCO. The molecular formula is C30H30FNO5. The number of hydrogen-bond donors (Lipinski definition) is 2. The van der Waals surface area contributed by atoms with Crippen molar-refractivity contribution in [2.24, 2.45) is 0 Å². The van der Waals surface area contributed by atoms with Crippen molar-refractivity contribution in [3.63, 3.8) is 0 Å². The Kier molecular flexibility index (Phi) is 8.25. The number of aliphatic hydroxyl groups excluding tert-OH is 1. The van der Waals surface area contributed by atoms with Crippen LogP contribution in [-0.2, 0) is 11.3 Å². The lowest BCUT2D eigenvalue weighted by Gasteiger charge is -2.15. The van der Waals surface area contributed by atoms with E-state index >= 15 is 0 Å².